The van der Waals surface area contributed by atoms with Crippen LogP contribution >= 0.6 is 0 Å². The fourth-order valence-corrected chi connectivity index (χ4v) is 1.25. The Morgan fingerprint density at radius 2 is 1.94 bits per heavy atom. The molecule has 0 atom stereocenters. The number of Topliss-reactive ketones (excluding diaryl/α,β-unsaturated/α-hetero) is 1. The van der Waals surface area contributed by atoms with Crippen molar-refractivity contribution in [1.82, 2.24) is 4.90 Å². The summed E-state index contributed by atoms with van der Waals surface area (Å²) in [4.78, 5) is 23.5. The molecule has 0 unspecified atom stereocenters. The molecule has 0 fully saturated rings. The zero-order chi connectivity index (χ0) is 12.0. The van der Waals surface area contributed by atoms with Gasteiger partial charge in [-0.05, 0) is 0 Å². The summed E-state index contributed by atoms with van der Waals surface area (Å²) in [5, 5.41) is 8.83. The third kappa shape index (κ3) is 3.24. The highest BCUT2D eigenvalue weighted by Crippen LogP contribution is 2.02. The first-order chi connectivity index (χ1) is 7.65. The fourth-order valence-electron chi connectivity index (χ4n) is 1.25. The number of nitrogens with zero attached hydrogens (tertiary/aromatic N) is 1. The van der Waals surface area contributed by atoms with Crippen LogP contribution in [0.15, 0.2) is 43.0 Å². The van der Waals surface area contributed by atoms with E-state index < -0.39 is 6.09 Å². The number of rotatable bonds is 5. The molecule has 0 aliphatic carbocycles. The summed E-state index contributed by atoms with van der Waals surface area (Å²) in [6.07, 6.45) is 0.330. The first-order valence-corrected chi connectivity index (χ1v) is 4.82. The Bertz CT molecular complexity index is 387. The summed E-state index contributed by atoms with van der Waals surface area (Å²) >= 11 is 0. The third-order valence-corrected chi connectivity index (χ3v) is 2.05. The maximum absolute atomic E-state index is 11.7. The Morgan fingerprint density at radius 3 is 2.44 bits per heavy atom. The van der Waals surface area contributed by atoms with Crippen LogP contribution in [0, 0.1) is 0 Å². The lowest BCUT2D eigenvalue weighted by Crippen LogP contribution is -2.34. The molecule has 84 valence electrons. The molecule has 0 spiro atoms. The molecule has 0 aliphatic rings. The number of carbonyl (C=O) groups excluding carboxylic acids is 1. The Hall–Kier alpha value is -2.10. The molecule has 0 saturated heterocycles. The lowest BCUT2D eigenvalue weighted by atomic mass is 10.1. The summed E-state index contributed by atoms with van der Waals surface area (Å²) in [5.74, 6) is -0.218. The van der Waals surface area contributed by atoms with Crippen LogP contribution < -0.4 is 0 Å². The topological polar surface area (TPSA) is 57.6 Å². The van der Waals surface area contributed by atoms with Crippen LogP contribution in [-0.2, 0) is 0 Å². The molecule has 0 heterocycles. The van der Waals surface area contributed by atoms with Crippen molar-refractivity contribution in [1.29, 1.82) is 0 Å². The average Bonchev–Trinajstić information content (AvgIpc) is 2.29. The van der Waals surface area contributed by atoms with Crippen LogP contribution in [0.1, 0.15) is 10.4 Å². The highest BCUT2D eigenvalue weighted by Gasteiger charge is 2.15. The van der Waals surface area contributed by atoms with Crippen molar-refractivity contribution in [3.05, 3.63) is 48.6 Å². The van der Waals surface area contributed by atoms with Gasteiger partial charge >= 0.3 is 6.09 Å². The zero-order valence-electron chi connectivity index (χ0n) is 8.80. The molecule has 0 radical (unpaired) electrons. The second kappa shape index (κ2) is 5.70. The third-order valence-electron chi connectivity index (χ3n) is 2.05. The molecule has 1 aromatic carbocycles. The van der Waals surface area contributed by atoms with Crippen molar-refractivity contribution in [2.45, 2.75) is 0 Å². The summed E-state index contributed by atoms with van der Waals surface area (Å²) in [5.41, 5.74) is 0.512. The Balaban J connectivity index is 2.69. The van der Waals surface area contributed by atoms with Gasteiger partial charge in [-0.1, -0.05) is 36.4 Å². The fraction of sp³-hybridized carbons (Fsp3) is 0.167. The summed E-state index contributed by atoms with van der Waals surface area (Å²) < 4.78 is 0. The number of benzene rings is 1. The molecule has 16 heavy (non-hydrogen) atoms. The highest BCUT2D eigenvalue weighted by atomic mass is 16.4. The van der Waals surface area contributed by atoms with Crippen LogP contribution in [0.4, 0.5) is 4.79 Å². The van der Waals surface area contributed by atoms with Crippen molar-refractivity contribution >= 4 is 11.9 Å². The van der Waals surface area contributed by atoms with Crippen LogP contribution in [0.3, 0.4) is 0 Å². The molecular formula is C12H13NO3. The molecule has 4 nitrogen and oxygen atoms in total. The van der Waals surface area contributed by atoms with E-state index in [1.165, 1.54) is 6.08 Å². The van der Waals surface area contributed by atoms with Gasteiger partial charge in [-0.15, -0.1) is 6.58 Å². The smallest absolute Gasteiger partial charge is 0.407 e. The van der Waals surface area contributed by atoms with E-state index in [2.05, 4.69) is 6.58 Å². The minimum absolute atomic E-state index is 0.147. The zero-order valence-corrected chi connectivity index (χ0v) is 8.80. The van der Waals surface area contributed by atoms with Crippen molar-refractivity contribution in [2.24, 2.45) is 0 Å². The normalized spacial score (nSPS) is 9.50. The second-order valence-electron chi connectivity index (χ2n) is 3.24. The average molecular weight is 219 g/mol. The Labute approximate surface area is 93.8 Å². The van der Waals surface area contributed by atoms with Gasteiger partial charge in [0.25, 0.3) is 0 Å². The molecule has 0 saturated carbocycles. The van der Waals surface area contributed by atoms with Gasteiger partial charge in [-0.2, -0.15) is 0 Å². The largest absolute Gasteiger partial charge is 0.465 e. The monoisotopic (exact) mass is 219 g/mol. The number of ketones is 1. The standard InChI is InChI=1S/C12H13NO3/c1-2-8-13(12(15)16)9-11(14)10-6-4-3-5-7-10/h2-7H,1,8-9H2,(H,15,16). The van der Waals surface area contributed by atoms with Gasteiger partial charge in [0.05, 0.1) is 6.54 Å². The van der Waals surface area contributed by atoms with Gasteiger partial charge < -0.3 is 5.11 Å². The number of carbonyl (C=O) groups is 2. The lowest BCUT2D eigenvalue weighted by molar-refractivity contribution is 0.0918. The van der Waals surface area contributed by atoms with Crippen molar-refractivity contribution < 1.29 is 14.7 Å². The molecule has 0 bridgehead atoms. The van der Waals surface area contributed by atoms with E-state index >= 15 is 0 Å². The minimum atomic E-state index is -1.12. The Morgan fingerprint density at radius 1 is 1.31 bits per heavy atom. The van der Waals surface area contributed by atoms with Gasteiger partial charge in [0.1, 0.15) is 0 Å². The van der Waals surface area contributed by atoms with Crippen LogP contribution in [0.2, 0.25) is 0 Å². The predicted octanol–water partition coefficient (Wildman–Crippen LogP) is 2.04. The minimum Gasteiger partial charge on any atom is -0.465 e. The predicted molar refractivity (Wildman–Crippen MR) is 60.6 cm³/mol. The van der Waals surface area contributed by atoms with E-state index in [4.69, 9.17) is 5.11 Å². The maximum atomic E-state index is 11.7. The Kier molecular flexibility index (Phi) is 4.27. The molecule has 4 heteroatoms. The summed E-state index contributed by atoms with van der Waals surface area (Å²) in [6, 6.07) is 8.61. The molecular weight excluding hydrogens is 206 g/mol. The van der Waals surface area contributed by atoms with Crippen LogP contribution in [0.5, 0.6) is 0 Å². The maximum Gasteiger partial charge on any atom is 0.407 e. The van der Waals surface area contributed by atoms with Gasteiger partial charge in [-0.3, -0.25) is 9.69 Å². The molecule has 1 rings (SSSR count). The van der Waals surface area contributed by atoms with Crippen molar-refractivity contribution in [3.63, 3.8) is 0 Å². The molecule has 1 aromatic rings. The summed E-state index contributed by atoms with van der Waals surface area (Å²) in [7, 11) is 0. The van der Waals surface area contributed by atoms with E-state index in [9.17, 15) is 9.59 Å². The SMILES string of the molecule is C=CCN(CC(=O)c1ccccc1)C(=O)O. The van der Waals surface area contributed by atoms with E-state index in [1.807, 2.05) is 0 Å². The molecule has 1 amide bonds. The highest BCUT2D eigenvalue weighted by molar-refractivity contribution is 5.98. The first-order valence-electron chi connectivity index (χ1n) is 4.82. The second-order valence-corrected chi connectivity index (χ2v) is 3.24. The summed E-state index contributed by atoms with van der Waals surface area (Å²) in [6.45, 7) is 3.45. The van der Waals surface area contributed by atoms with Crippen LogP contribution in [0.25, 0.3) is 0 Å². The first kappa shape index (κ1) is 12.0. The quantitative estimate of drug-likeness (QED) is 0.609. The molecule has 0 aromatic heterocycles. The van der Waals surface area contributed by atoms with Gasteiger partial charge in [0.2, 0.25) is 0 Å². The van der Waals surface area contributed by atoms with Crippen molar-refractivity contribution in [2.75, 3.05) is 13.1 Å². The number of hydrogen-bond acceptors (Lipinski definition) is 2. The number of amides is 1. The lowest BCUT2D eigenvalue weighted by Gasteiger charge is -2.15. The number of carboxylic acid groups (broad SMARTS) is 1. The van der Waals surface area contributed by atoms with Gasteiger partial charge in [-0.25, -0.2) is 4.79 Å². The van der Waals surface area contributed by atoms with E-state index in [0.717, 1.165) is 4.90 Å². The molecule has 0 aliphatic heterocycles. The van der Waals surface area contributed by atoms with E-state index in [0.29, 0.717) is 5.56 Å². The molecule has 1 N–H and O–H groups in total. The van der Waals surface area contributed by atoms with Gasteiger partial charge in [0, 0.05) is 12.1 Å². The van der Waals surface area contributed by atoms with Gasteiger partial charge in [0.15, 0.2) is 5.78 Å². The number of hydrogen-bond donors (Lipinski definition) is 1. The van der Waals surface area contributed by atoms with Crippen LogP contribution in [-0.4, -0.2) is 35.0 Å². The van der Waals surface area contributed by atoms with E-state index in [-0.39, 0.29) is 18.9 Å². The van der Waals surface area contributed by atoms with E-state index in [1.54, 1.807) is 30.3 Å². The van der Waals surface area contributed by atoms with Crippen molar-refractivity contribution in [3.8, 4) is 0 Å².